The zero-order valence-electron chi connectivity index (χ0n) is 16.3. The number of rotatable bonds is 4. The van der Waals surface area contributed by atoms with Crippen LogP contribution in [0.2, 0.25) is 0 Å². The van der Waals surface area contributed by atoms with Crippen molar-refractivity contribution in [1.82, 2.24) is 14.5 Å². The Labute approximate surface area is 182 Å². The highest BCUT2D eigenvalue weighted by atomic mass is 79.9. The second-order valence-electron chi connectivity index (χ2n) is 8.10. The Balaban J connectivity index is 1.54. The Morgan fingerprint density at radius 1 is 1.31 bits per heavy atom. The standard InChI is InChI=1S/C21H24BrF2N3OS/c1-26(13-5-3-2-4-6-13)18(28)10-16-17-9-12(11-27(17)21(29)25-16)19-15(23)8-7-14(22)20(19)24/h7-8,12-13H,2-6,9-11H2,1H3,(H,25,29)/t12-/m0/s1. The van der Waals surface area contributed by atoms with Crippen molar-refractivity contribution < 1.29 is 13.6 Å². The molecule has 1 aromatic carbocycles. The van der Waals surface area contributed by atoms with Gasteiger partial charge >= 0.3 is 0 Å². The van der Waals surface area contributed by atoms with Crippen molar-refractivity contribution in [3.8, 4) is 0 Å². The van der Waals surface area contributed by atoms with Gasteiger partial charge in [0, 0.05) is 42.5 Å². The van der Waals surface area contributed by atoms with Gasteiger partial charge in [0.2, 0.25) is 5.91 Å². The summed E-state index contributed by atoms with van der Waals surface area (Å²) < 4.78 is 31.6. The molecule has 1 aromatic heterocycles. The first kappa shape index (κ1) is 20.7. The lowest BCUT2D eigenvalue weighted by molar-refractivity contribution is -0.131. The third-order valence-electron chi connectivity index (χ3n) is 6.35. The minimum absolute atomic E-state index is 0.0554. The average Bonchev–Trinajstić information content (AvgIpc) is 3.26. The summed E-state index contributed by atoms with van der Waals surface area (Å²) in [6.45, 7) is 0.404. The normalized spacial score (nSPS) is 19.4. The summed E-state index contributed by atoms with van der Waals surface area (Å²) in [5.74, 6) is -1.40. The van der Waals surface area contributed by atoms with Crippen molar-refractivity contribution in [1.29, 1.82) is 0 Å². The maximum Gasteiger partial charge on any atom is 0.228 e. The van der Waals surface area contributed by atoms with Crippen LogP contribution in [0.25, 0.3) is 0 Å². The number of carbonyl (C=O) groups is 1. The number of nitrogens with one attached hydrogen (secondary N) is 1. The number of benzene rings is 1. The van der Waals surface area contributed by atoms with Crippen LogP contribution >= 0.6 is 28.1 Å². The second-order valence-corrected chi connectivity index (χ2v) is 9.34. The van der Waals surface area contributed by atoms with Crippen molar-refractivity contribution in [3.05, 3.63) is 50.0 Å². The quantitative estimate of drug-likeness (QED) is 0.475. The van der Waals surface area contributed by atoms with Gasteiger partial charge in [0.05, 0.1) is 10.9 Å². The molecule has 1 N–H and O–H groups in total. The highest BCUT2D eigenvalue weighted by molar-refractivity contribution is 9.10. The number of halogens is 3. The van der Waals surface area contributed by atoms with Gasteiger partial charge in [-0.05, 0) is 59.5 Å². The number of carbonyl (C=O) groups excluding carboxylic acids is 1. The molecule has 1 amide bonds. The second kappa shape index (κ2) is 8.30. The largest absolute Gasteiger partial charge is 0.342 e. The molecule has 4 nitrogen and oxygen atoms in total. The molecule has 0 spiro atoms. The highest BCUT2D eigenvalue weighted by Gasteiger charge is 2.32. The Morgan fingerprint density at radius 2 is 2.03 bits per heavy atom. The Hall–Kier alpha value is -1.54. The summed E-state index contributed by atoms with van der Waals surface area (Å²) in [5, 5.41) is 0. The summed E-state index contributed by atoms with van der Waals surface area (Å²) in [4.78, 5) is 17.9. The van der Waals surface area contributed by atoms with Crippen LogP contribution in [-0.4, -0.2) is 33.4 Å². The Bertz CT molecular complexity index is 997. The molecule has 8 heteroatoms. The highest BCUT2D eigenvalue weighted by Crippen LogP contribution is 2.36. The molecule has 2 aromatic rings. The van der Waals surface area contributed by atoms with Gasteiger partial charge in [-0.1, -0.05) is 19.3 Å². The van der Waals surface area contributed by atoms with E-state index in [9.17, 15) is 13.6 Å². The van der Waals surface area contributed by atoms with Crippen molar-refractivity contribution in [2.24, 2.45) is 0 Å². The SMILES string of the molecule is CN(C(=O)Cc1[nH]c(=S)n2c1C[C@H](c1c(F)ccc(Br)c1F)C2)C1CCCCC1. The lowest BCUT2D eigenvalue weighted by atomic mass is 9.94. The van der Waals surface area contributed by atoms with E-state index < -0.39 is 11.6 Å². The molecule has 29 heavy (non-hydrogen) atoms. The molecule has 1 aliphatic heterocycles. The van der Waals surface area contributed by atoms with Crippen LogP contribution in [-0.2, 0) is 24.2 Å². The van der Waals surface area contributed by atoms with Crippen LogP contribution in [0, 0.1) is 16.4 Å². The van der Waals surface area contributed by atoms with Crippen molar-refractivity contribution in [2.75, 3.05) is 7.05 Å². The number of nitrogens with zero attached hydrogens (tertiary/aromatic N) is 2. The lowest BCUT2D eigenvalue weighted by Crippen LogP contribution is -2.39. The molecule has 1 fully saturated rings. The first-order valence-corrected chi connectivity index (χ1v) is 11.3. The third kappa shape index (κ3) is 3.93. The topological polar surface area (TPSA) is 41.0 Å². The molecule has 4 rings (SSSR count). The van der Waals surface area contributed by atoms with E-state index >= 15 is 0 Å². The number of amides is 1. The number of hydrogen-bond donors (Lipinski definition) is 1. The maximum atomic E-state index is 14.6. The van der Waals surface area contributed by atoms with Gasteiger partial charge in [-0.15, -0.1) is 0 Å². The van der Waals surface area contributed by atoms with E-state index in [0.717, 1.165) is 37.1 Å². The van der Waals surface area contributed by atoms with Gasteiger partial charge in [0.1, 0.15) is 11.6 Å². The molecule has 0 bridgehead atoms. The number of aromatic nitrogens is 2. The summed E-state index contributed by atoms with van der Waals surface area (Å²) in [5.41, 5.74) is 1.72. The fourth-order valence-electron chi connectivity index (χ4n) is 4.70. The summed E-state index contributed by atoms with van der Waals surface area (Å²) in [6.07, 6.45) is 6.35. The number of aromatic amines is 1. The van der Waals surface area contributed by atoms with Gasteiger partial charge in [-0.2, -0.15) is 0 Å². The Kier molecular flexibility index (Phi) is 5.93. The Morgan fingerprint density at radius 3 is 2.76 bits per heavy atom. The molecular formula is C21H24BrF2N3OS. The van der Waals surface area contributed by atoms with Crippen molar-refractivity contribution >= 4 is 34.1 Å². The van der Waals surface area contributed by atoms with Gasteiger partial charge < -0.3 is 14.5 Å². The first-order chi connectivity index (χ1) is 13.9. The van der Waals surface area contributed by atoms with E-state index in [-0.39, 0.29) is 28.3 Å². The molecule has 1 saturated carbocycles. The fraction of sp³-hybridized carbons (Fsp3) is 0.524. The molecule has 0 unspecified atom stereocenters. The van der Waals surface area contributed by atoms with Crippen molar-refractivity contribution in [2.45, 2.75) is 63.5 Å². The monoisotopic (exact) mass is 483 g/mol. The maximum absolute atomic E-state index is 14.6. The van der Waals surface area contributed by atoms with E-state index in [0.29, 0.717) is 23.8 Å². The van der Waals surface area contributed by atoms with Gasteiger partial charge in [-0.3, -0.25) is 4.79 Å². The molecular weight excluding hydrogens is 460 g/mol. The van der Waals surface area contributed by atoms with Gasteiger partial charge in [0.25, 0.3) is 0 Å². The molecule has 1 aliphatic carbocycles. The van der Waals surface area contributed by atoms with Crippen LogP contribution in [0.1, 0.15) is 55.0 Å². The number of fused-ring (bicyclic) bond motifs is 1. The van der Waals surface area contributed by atoms with Crippen LogP contribution in [0.3, 0.4) is 0 Å². The predicted molar refractivity (Wildman–Crippen MR) is 113 cm³/mol. The molecule has 2 aliphatic rings. The lowest BCUT2D eigenvalue weighted by Gasteiger charge is -2.31. The molecule has 0 radical (unpaired) electrons. The minimum Gasteiger partial charge on any atom is -0.342 e. The van der Waals surface area contributed by atoms with Gasteiger partial charge in [-0.25, -0.2) is 8.78 Å². The summed E-state index contributed by atoms with van der Waals surface area (Å²) >= 11 is 8.57. The number of H-pyrrole nitrogens is 1. The predicted octanol–water partition coefficient (Wildman–Crippen LogP) is 5.26. The number of imidazole rings is 1. The van der Waals surface area contributed by atoms with Crippen LogP contribution in [0.5, 0.6) is 0 Å². The van der Waals surface area contributed by atoms with E-state index in [4.69, 9.17) is 12.2 Å². The molecule has 1 atom stereocenters. The van der Waals surface area contributed by atoms with Crippen LogP contribution < -0.4 is 0 Å². The number of hydrogen-bond acceptors (Lipinski definition) is 2. The first-order valence-electron chi connectivity index (χ1n) is 10.1. The zero-order valence-corrected chi connectivity index (χ0v) is 18.7. The van der Waals surface area contributed by atoms with Crippen LogP contribution in [0.4, 0.5) is 8.78 Å². The zero-order chi connectivity index (χ0) is 20.7. The molecule has 156 valence electrons. The summed E-state index contributed by atoms with van der Waals surface area (Å²) in [7, 11) is 1.87. The van der Waals surface area contributed by atoms with E-state index in [1.54, 1.807) is 0 Å². The molecule has 0 saturated heterocycles. The van der Waals surface area contributed by atoms with E-state index in [1.807, 2.05) is 16.5 Å². The number of likely N-dealkylation sites (N-methyl/N-ethyl adjacent to an activating group) is 1. The third-order valence-corrected chi connectivity index (χ3v) is 7.29. The average molecular weight is 484 g/mol. The minimum atomic E-state index is -0.565. The van der Waals surface area contributed by atoms with Crippen LogP contribution in [0.15, 0.2) is 16.6 Å². The van der Waals surface area contributed by atoms with Gasteiger partial charge in [0.15, 0.2) is 4.77 Å². The van der Waals surface area contributed by atoms with E-state index in [1.165, 1.54) is 18.6 Å². The fourth-order valence-corrected chi connectivity index (χ4v) is 5.36. The smallest absolute Gasteiger partial charge is 0.228 e. The summed E-state index contributed by atoms with van der Waals surface area (Å²) in [6, 6.07) is 2.95. The molecule has 2 heterocycles. The van der Waals surface area contributed by atoms with E-state index in [2.05, 4.69) is 20.9 Å². The van der Waals surface area contributed by atoms with Crippen molar-refractivity contribution in [3.63, 3.8) is 0 Å².